The van der Waals surface area contributed by atoms with E-state index in [1.807, 2.05) is 0 Å². The molecule has 1 rings (SSSR count). The molecule has 1 aromatic heterocycles. The van der Waals surface area contributed by atoms with E-state index in [-0.39, 0.29) is 11.6 Å². The van der Waals surface area contributed by atoms with Gasteiger partial charge in [0.05, 0.1) is 24.0 Å². The molecule has 0 radical (unpaired) electrons. The van der Waals surface area contributed by atoms with Gasteiger partial charge in [-0.1, -0.05) is 17.7 Å². The van der Waals surface area contributed by atoms with Crippen LogP contribution in [0, 0.1) is 0 Å². The van der Waals surface area contributed by atoms with Crippen molar-refractivity contribution >= 4 is 17.3 Å². The number of aromatic nitrogens is 2. The van der Waals surface area contributed by atoms with Gasteiger partial charge in [0.25, 0.3) is 5.56 Å². The van der Waals surface area contributed by atoms with Gasteiger partial charge in [0, 0.05) is 26.7 Å². The first-order chi connectivity index (χ1) is 9.41. The fraction of sp³-hybridized carbons (Fsp3) is 0.538. The number of anilines is 1. The molecule has 0 aliphatic carbocycles. The van der Waals surface area contributed by atoms with Crippen LogP contribution in [0.2, 0.25) is 5.02 Å². The number of hydrogen-bond acceptors (Lipinski definition) is 5. The Morgan fingerprint density at radius 2 is 2.40 bits per heavy atom. The number of rotatable bonds is 8. The van der Waals surface area contributed by atoms with Gasteiger partial charge in [-0.3, -0.25) is 4.79 Å². The van der Waals surface area contributed by atoms with Gasteiger partial charge < -0.3 is 15.2 Å². The SMILES string of the molecule is C=CCn1ncc(NCC(C)(O)CCOC)c(Cl)c1=O. The fourth-order valence-corrected chi connectivity index (χ4v) is 1.75. The highest BCUT2D eigenvalue weighted by Gasteiger charge is 2.20. The molecule has 1 atom stereocenters. The summed E-state index contributed by atoms with van der Waals surface area (Å²) in [5.74, 6) is 0. The number of allylic oxidation sites excluding steroid dienone is 1. The Hall–Kier alpha value is -1.37. The molecule has 0 spiro atoms. The second-order valence-electron chi connectivity index (χ2n) is 4.74. The third kappa shape index (κ3) is 4.63. The number of halogens is 1. The average molecular weight is 302 g/mol. The van der Waals surface area contributed by atoms with Crippen molar-refractivity contribution in [3.8, 4) is 0 Å². The van der Waals surface area contributed by atoms with Crippen molar-refractivity contribution in [1.82, 2.24) is 9.78 Å². The number of methoxy groups -OCH3 is 1. The zero-order valence-electron chi connectivity index (χ0n) is 11.7. The maximum atomic E-state index is 11.9. The van der Waals surface area contributed by atoms with Crippen molar-refractivity contribution in [3.63, 3.8) is 0 Å². The van der Waals surface area contributed by atoms with Crippen LogP contribution in [0.1, 0.15) is 13.3 Å². The maximum absolute atomic E-state index is 11.9. The highest BCUT2D eigenvalue weighted by Crippen LogP contribution is 2.17. The van der Waals surface area contributed by atoms with Gasteiger partial charge in [-0.25, -0.2) is 4.68 Å². The van der Waals surface area contributed by atoms with Crippen LogP contribution in [0.15, 0.2) is 23.6 Å². The smallest absolute Gasteiger partial charge is 0.287 e. The number of hydrogen-bond donors (Lipinski definition) is 2. The fourth-order valence-electron chi connectivity index (χ4n) is 1.54. The molecule has 20 heavy (non-hydrogen) atoms. The van der Waals surface area contributed by atoms with E-state index in [0.29, 0.717) is 25.3 Å². The summed E-state index contributed by atoms with van der Waals surface area (Å²) in [6.45, 7) is 6.20. The number of nitrogens with one attached hydrogen (secondary N) is 1. The number of ether oxygens (including phenoxy) is 1. The molecule has 2 N–H and O–H groups in total. The van der Waals surface area contributed by atoms with E-state index in [4.69, 9.17) is 16.3 Å². The first-order valence-electron chi connectivity index (χ1n) is 6.23. The summed E-state index contributed by atoms with van der Waals surface area (Å²) in [7, 11) is 1.57. The highest BCUT2D eigenvalue weighted by molar-refractivity contribution is 6.32. The Morgan fingerprint density at radius 1 is 1.70 bits per heavy atom. The van der Waals surface area contributed by atoms with Gasteiger partial charge in [0.1, 0.15) is 5.02 Å². The Bertz CT molecular complexity index is 514. The molecule has 7 heteroatoms. The van der Waals surface area contributed by atoms with Crippen LogP contribution in [0.4, 0.5) is 5.69 Å². The quantitative estimate of drug-likeness (QED) is 0.708. The first kappa shape index (κ1) is 16.7. The molecule has 0 amide bonds. The molecule has 0 bridgehead atoms. The van der Waals surface area contributed by atoms with Crippen molar-refractivity contribution in [1.29, 1.82) is 0 Å². The Morgan fingerprint density at radius 3 is 3.00 bits per heavy atom. The summed E-state index contributed by atoms with van der Waals surface area (Å²) in [6, 6.07) is 0. The topological polar surface area (TPSA) is 76.4 Å². The zero-order chi connectivity index (χ0) is 15.2. The Labute approximate surface area is 123 Å². The molecule has 0 aliphatic rings. The molecule has 1 aromatic rings. The summed E-state index contributed by atoms with van der Waals surface area (Å²) in [6.07, 6.45) is 3.49. The number of aliphatic hydroxyl groups is 1. The van der Waals surface area contributed by atoms with Gasteiger partial charge in [0.2, 0.25) is 0 Å². The summed E-state index contributed by atoms with van der Waals surface area (Å²) in [5, 5.41) is 17.1. The zero-order valence-corrected chi connectivity index (χ0v) is 12.5. The first-order valence-corrected chi connectivity index (χ1v) is 6.61. The third-order valence-electron chi connectivity index (χ3n) is 2.79. The minimum Gasteiger partial charge on any atom is -0.388 e. The monoisotopic (exact) mass is 301 g/mol. The number of nitrogens with zero attached hydrogens (tertiary/aromatic N) is 2. The van der Waals surface area contributed by atoms with Crippen molar-refractivity contribution in [2.75, 3.05) is 25.6 Å². The minimum absolute atomic E-state index is 0.0457. The third-order valence-corrected chi connectivity index (χ3v) is 3.16. The normalized spacial score (nSPS) is 13.8. The van der Waals surface area contributed by atoms with Crippen molar-refractivity contribution in [2.45, 2.75) is 25.5 Å². The van der Waals surface area contributed by atoms with Crippen molar-refractivity contribution in [2.24, 2.45) is 0 Å². The van der Waals surface area contributed by atoms with Crippen LogP contribution in [0.25, 0.3) is 0 Å². The standard InChI is InChI=1S/C13H20ClN3O3/c1-4-6-17-12(18)11(14)10(8-16-17)15-9-13(2,19)5-7-20-3/h4,8,15,19H,1,5-7,9H2,2-3H3. The summed E-state index contributed by atoms with van der Waals surface area (Å²) >= 11 is 5.99. The van der Waals surface area contributed by atoms with Crippen LogP contribution in [0.3, 0.4) is 0 Å². The van der Waals surface area contributed by atoms with Crippen LogP contribution in [-0.2, 0) is 11.3 Å². The molecule has 0 aliphatic heterocycles. The molecule has 112 valence electrons. The molecule has 6 nitrogen and oxygen atoms in total. The molecule has 1 heterocycles. The van der Waals surface area contributed by atoms with Gasteiger partial charge in [-0.05, 0) is 6.92 Å². The van der Waals surface area contributed by atoms with Gasteiger partial charge in [-0.15, -0.1) is 6.58 Å². The highest BCUT2D eigenvalue weighted by atomic mass is 35.5. The lowest BCUT2D eigenvalue weighted by molar-refractivity contribution is 0.0357. The van der Waals surface area contributed by atoms with Crippen molar-refractivity contribution in [3.05, 3.63) is 34.2 Å². The van der Waals surface area contributed by atoms with Crippen LogP contribution >= 0.6 is 11.6 Å². The van der Waals surface area contributed by atoms with Gasteiger partial charge in [0.15, 0.2) is 0 Å². The van der Waals surface area contributed by atoms with Gasteiger partial charge in [-0.2, -0.15) is 5.10 Å². The summed E-state index contributed by atoms with van der Waals surface area (Å²) in [4.78, 5) is 11.9. The lowest BCUT2D eigenvalue weighted by Gasteiger charge is -2.24. The van der Waals surface area contributed by atoms with Crippen LogP contribution in [0.5, 0.6) is 0 Å². The average Bonchev–Trinajstić information content (AvgIpc) is 2.41. The van der Waals surface area contributed by atoms with Crippen LogP contribution < -0.4 is 10.9 Å². The van der Waals surface area contributed by atoms with E-state index >= 15 is 0 Å². The van der Waals surface area contributed by atoms with E-state index in [0.717, 1.165) is 0 Å². The molecular formula is C13H20ClN3O3. The molecule has 0 saturated heterocycles. The predicted molar refractivity (Wildman–Crippen MR) is 79.3 cm³/mol. The molecule has 1 unspecified atom stereocenters. The van der Waals surface area contributed by atoms with Gasteiger partial charge >= 0.3 is 0 Å². The largest absolute Gasteiger partial charge is 0.388 e. The Kier molecular flexibility index (Phi) is 6.19. The van der Waals surface area contributed by atoms with Crippen molar-refractivity contribution < 1.29 is 9.84 Å². The van der Waals surface area contributed by atoms with E-state index < -0.39 is 11.2 Å². The molecule has 0 saturated carbocycles. The van der Waals surface area contributed by atoms with E-state index in [1.165, 1.54) is 10.9 Å². The summed E-state index contributed by atoms with van der Waals surface area (Å²) < 4.78 is 6.14. The van der Waals surface area contributed by atoms with E-state index in [9.17, 15) is 9.90 Å². The molecular weight excluding hydrogens is 282 g/mol. The second kappa shape index (κ2) is 7.42. The lowest BCUT2D eigenvalue weighted by Crippen LogP contribution is -2.35. The van der Waals surface area contributed by atoms with E-state index in [1.54, 1.807) is 20.1 Å². The molecule has 0 aromatic carbocycles. The Balaban J connectivity index is 2.76. The second-order valence-corrected chi connectivity index (χ2v) is 5.12. The summed E-state index contributed by atoms with van der Waals surface area (Å²) in [5.41, 5.74) is -0.960. The van der Waals surface area contributed by atoms with Crippen LogP contribution in [-0.4, -0.2) is 40.7 Å². The maximum Gasteiger partial charge on any atom is 0.287 e. The molecule has 0 fully saturated rings. The lowest BCUT2D eigenvalue weighted by atomic mass is 10.0. The van der Waals surface area contributed by atoms with E-state index in [2.05, 4.69) is 17.0 Å². The minimum atomic E-state index is -0.963. The predicted octanol–water partition coefficient (Wildman–Crippen LogP) is 1.28.